The number of allylic oxidation sites excluding steroid dienone is 2. The van der Waals surface area contributed by atoms with Crippen molar-refractivity contribution in [2.45, 2.75) is 33.1 Å². The quantitative estimate of drug-likeness (QED) is 0.516. The summed E-state index contributed by atoms with van der Waals surface area (Å²) >= 11 is 0. The van der Waals surface area contributed by atoms with Crippen LogP contribution in [0.5, 0.6) is 5.75 Å². The maximum absolute atomic E-state index is 13.3. The number of carbonyl (C=O) groups is 2. The SMILES string of the molecule is C/C=C\C[C@@H](C)c1cc(=O)c2c(C)cc3c(c2o1)C(=O)c1c(O)cccc1C3=O. The minimum absolute atomic E-state index is 0.0433. The Kier molecular flexibility index (Phi) is 4.46. The van der Waals surface area contributed by atoms with Gasteiger partial charge in [-0.05, 0) is 38.0 Å². The molecular weight excluding hydrogens is 368 g/mol. The Hall–Kier alpha value is -3.47. The average molecular weight is 388 g/mol. The second kappa shape index (κ2) is 6.85. The number of fused-ring (bicyclic) bond motifs is 4. The normalized spacial score (nSPS) is 14.3. The van der Waals surface area contributed by atoms with Gasteiger partial charge in [0.1, 0.15) is 17.1 Å². The third kappa shape index (κ3) is 2.81. The lowest BCUT2D eigenvalue weighted by molar-refractivity contribution is 0.0977. The van der Waals surface area contributed by atoms with Crippen LogP contribution in [0, 0.1) is 6.92 Å². The number of hydrogen-bond acceptors (Lipinski definition) is 5. The molecule has 0 saturated carbocycles. The molecule has 5 heteroatoms. The molecule has 1 aliphatic carbocycles. The van der Waals surface area contributed by atoms with Gasteiger partial charge in [0.15, 0.2) is 11.2 Å². The van der Waals surface area contributed by atoms with E-state index in [1.165, 1.54) is 24.3 Å². The van der Waals surface area contributed by atoms with E-state index in [0.717, 1.165) is 0 Å². The van der Waals surface area contributed by atoms with Crippen LogP contribution in [0.4, 0.5) is 0 Å². The summed E-state index contributed by atoms with van der Waals surface area (Å²) in [5, 5.41) is 10.5. The predicted octanol–water partition coefficient (Wildman–Crippen LogP) is 4.65. The lowest BCUT2D eigenvalue weighted by atomic mass is 9.81. The predicted molar refractivity (Wildman–Crippen MR) is 110 cm³/mol. The largest absolute Gasteiger partial charge is 0.507 e. The van der Waals surface area contributed by atoms with Gasteiger partial charge in [-0.25, -0.2) is 0 Å². The lowest BCUT2D eigenvalue weighted by Gasteiger charge is -2.20. The molecule has 0 fully saturated rings. The first-order valence-corrected chi connectivity index (χ1v) is 9.49. The molecule has 2 aromatic carbocycles. The summed E-state index contributed by atoms with van der Waals surface area (Å²) in [4.78, 5) is 39.2. The van der Waals surface area contributed by atoms with Crippen LogP contribution in [-0.2, 0) is 0 Å². The molecule has 0 amide bonds. The van der Waals surface area contributed by atoms with E-state index < -0.39 is 5.78 Å². The Morgan fingerprint density at radius 1 is 1.07 bits per heavy atom. The molecular formula is C24H20O5. The Morgan fingerprint density at radius 2 is 1.83 bits per heavy atom. The van der Waals surface area contributed by atoms with Gasteiger partial charge in [-0.3, -0.25) is 14.4 Å². The van der Waals surface area contributed by atoms with E-state index in [0.29, 0.717) is 17.7 Å². The monoisotopic (exact) mass is 388 g/mol. The van der Waals surface area contributed by atoms with E-state index in [2.05, 4.69) is 0 Å². The summed E-state index contributed by atoms with van der Waals surface area (Å²) in [6, 6.07) is 7.43. The minimum Gasteiger partial charge on any atom is -0.507 e. The zero-order valence-electron chi connectivity index (χ0n) is 16.4. The fourth-order valence-electron chi connectivity index (χ4n) is 3.89. The highest BCUT2D eigenvalue weighted by molar-refractivity contribution is 6.32. The molecule has 0 radical (unpaired) electrons. The highest BCUT2D eigenvalue weighted by atomic mass is 16.3. The van der Waals surface area contributed by atoms with Crippen LogP contribution >= 0.6 is 0 Å². The van der Waals surface area contributed by atoms with Gasteiger partial charge in [0.25, 0.3) is 0 Å². The van der Waals surface area contributed by atoms with Crippen LogP contribution in [0.15, 0.2) is 51.7 Å². The molecule has 0 saturated heterocycles. The van der Waals surface area contributed by atoms with Crippen molar-refractivity contribution in [1.82, 2.24) is 0 Å². The number of aromatic hydroxyl groups is 1. The summed E-state index contributed by atoms with van der Waals surface area (Å²) in [5.41, 5.74) is 0.775. The molecule has 0 unspecified atom stereocenters. The van der Waals surface area contributed by atoms with Crippen molar-refractivity contribution in [3.63, 3.8) is 0 Å². The highest BCUT2D eigenvalue weighted by Gasteiger charge is 2.35. The zero-order valence-corrected chi connectivity index (χ0v) is 16.4. The van der Waals surface area contributed by atoms with E-state index in [4.69, 9.17) is 4.42 Å². The Morgan fingerprint density at radius 3 is 2.55 bits per heavy atom. The van der Waals surface area contributed by atoms with E-state index in [-0.39, 0.29) is 56.1 Å². The standard InChI is InChI=1S/C24H20O5/c1-4-5-7-12(2)18-11-17(26)19-13(3)10-15-21(24(19)29-18)23(28)20-14(22(15)27)8-6-9-16(20)25/h4-6,8-12,25H,7H2,1-3H3/b5-4-/t12-/m1/s1. The van der Waals surface area contributed by atoms with Crippen molar-refractivity contribution in [3.8, 4) is 5.75 Å². The van der Waals surface area contributed by atoms with Gasteiger partial charge in [0.2, 0.25) is 5.78 Å². The maximum Gasteiger partial charge on any atom is 0.202 e. The first-order chi connectivity index (χ1) is 13.8. The molecule has 1 aliphatic rings. The van der Waals surface area contributed by atoms with Crippen molar-refractivity contribution in [3.05, 3.63) is 86.3 Å². The molecule has 29 heavy (non-hydrogen) atoms. The molecule has 146 valence electrons. The van der Waals surface area contributed by atoms with Gasteiger partial charge >= 0.3 is 0 Å². The Labute approximate surface area is 167 Å². The summed E-state index contributed by atoms with van der Waals surface area (Å²) < 4.78 is 6.07. The van der Waals surface area contributed by atoms with Crippen LogP contribution in [0.2, 0.25) is 0 Å². The van der Waals surface area contributed by atoms with Crippen molar-refractivity contribution in [1.29, 1.82) is 0 Å². The van der Waals surface area contributed by atoms with Gasteiger partial charge in [0.05, 0.1) is 16.5 Å². The van der Waals surface area contributed by atoms with Crippen LogP contribution in [0.25, 0.3) is 11.0 Å². The second-order valence-electron chi connectivity index (χ2n) is 7.40. The fourth-order valence-corrected chi connectivity index (χ4v) is 3.89. The molecule has 5 nitrogen and oxygen atoms in total. The fraction of sp³-hybridized carbons (Fsp3) is 0.208. The summed E-state index contributed by atoms with van der Waals surface area (Å²) in [6.45, 7) is 5.57. The van der Waals surface area contributed by atoms with E-state index in [1.54, 1.807) is 13.0 Å². The number of aryl methyl sites for hydroxylation is 1. The number of rotatable bonds is 3. The Bertz CT molecular complexity index is 1280. The van der Waals surface area contributed by atoms with E-state index in [9.17, 15) is 19.5 Å². The third-order valence-corrected chi connectivity index (χ3v) is 5.42. The molecule has 0 spiro atoms. The second-order valence-corrected chi connectivity index (χ2v) is 7.40. The van der Waals surface area contributed by atoms with E-state index >= 15 is 0 Å². The first-order valence-electron chi connectivity index (χ1n) is 9.49. The van der Waals surface area contributed by atoms with Crippen LogP contribution in [0.1, 0.15) is 69.4 Å². The minimum atomic E-state index is -0.515. The first kappa shape index (κ1) is 18.9. The maximum atomic E-state index is 13.3. The highest BCUT2D eigenvalue weighted by Crippen LogP contribution is 2.37. The number of phenols is 1. The summed E-state index contributed by atoms with van der Waals surface area (Å²) in [5.74, 6) is -0.768. The summed E-state index contributed by atoms with van der Waals surface area (Å²) in [6.07, 6.45) is 4.57. The van der Waals surface area contributed by atoms with Gasteiger partial charge in [-0.15, -0.1) is 0 Å². The van der Waals surface area contributed by atoms with Crippen molar-refractivity contribution in [2.24, 2.45) is 0 Å². The molecule has 4 rings (SSSR count). The molecule has 1 N–H and O–H groups in total. The number of phenolic OH excluding ortho intramolecular Hbond substituents is 1. The van der Waals surface area contributed by atoms with Crippen LogP contribution in [0.3, 0.4) is 0 Å². The number of carbonyl (C=O) groups excluding carboxylic acids is 2. The van der Waals surface area contributed by atoms with Gasteiger partial charge in [0, 0.05) is 23.1 Å². The molecule has 0 aliphatic heterocycles. The van der Waals surface area contributed by atoms with Gasteiger partial charge in [-0.1, -0.05) is 31.2 Å². The van der Waals surface area contributed by atoms with Gasteiger partial charge < -0.3 is 9.52 Å². The van der Waals surface area contributed by atoms with Crippen molar-refractivity contribution >= 4 is 22.5 Å². The smallest absolute Gasteiger partial charge is 0.202 e. The lowest BCUT2D eigenvalue weighted by Crippen LogP contribution is -2.23. The third-order valence-electron chi connectivity index (χ3n) is 5.42. The Balaban J connectivity index is 2.06. The number of benzene rings is 2. The van der Waals surface area contributed by atoms with E-state index in [1.807, 2.05) is 26.0 Å². The topological polar surface area (TPSA) is 84.6 Å². The van der Waals surface area contributed by atoms with Crippen molar-refractivity contribution < 1.29 is 19.1 Å². The van der Waals surface area contributed by atoms with Crippen molar-refractivity contribution in [2.75, 3.05) is 0 Å². The molecule has 1 aromatic heterocycles. The zero-order chi connectivity index (χ0) is 20.9. The molecule has 1 atom stereocenters. The van der Waals surface area contributed by atoms with Gasteiger partial charge in [-0.2, -0.15) is 0 Å². The number of hydrogen-bond donors (Lipinski definition) is 1. The average Bonchev–Trinajstić information content (AvgIpc) is 2.69. The molecule has 3 aromatic rings. The summed E-state index contributed by atoms with van der Waals surface area (Å²) in [7, 11) is 0. The van der Waals surface area contributed by atoms with Crippen LogP contribution in [-0.4, -0.2) is 16.7 Å². The molecule has 0 bridgehead atoms. The number of ketones is 2. The molecule has 1 heterocycles. The van der Waals surface area contributed by atoms with Crippen LogP contribution < -0.4 is 5.43 Å².